The number of rotatable bonds is 23. The van der Waals surface area contributed by atoms with Gasteiger partial charge in [0, 0.05) is 19.6 Å². The van der Waals surface area contributed by atoms with Crippen LogP contribution < -0.4 is 5.32 Å². The molecule has 186 valence electrons. The number of hydrogen-bond donors (Lipinski definition) is 1. The summed E-state index contributed by atoms with van der Waals surface area (Å²) >= 11 is 0. The predicted molar refractivity (Wildman–Crippen MR) is 135 cm³/mol. The van der Waals surface area contributed by atoms with Gasteiger partial charge in [0.1, 0.15) is 0 Å². The summed E-state index contributed by atoms with van der Waals surface area (Å²) in [6, 6.07) is 0. The molecule has 1 aliphatic rings. The number of carbonyl (C=O) groups excluding carboxylic acids is 2. The first-order valence-corrected chi connectivity index (χ1v) is 13.8. The molecule has 1 fully saturated rings. The third-order valence-corrected chi connectivity index (χ3v) is 6.42. The predicted octanol–water partition coefficient (Wildman–Crippen LogP) is 7.65. The molecule has 0 aromatic carbocycles. The standard InChI is InChI=1S/C28H51NO3/c1-2-3-4-5-6-7-11-14-17-20-23-32-24-21-18-15-12-9-8-10-13-16-19-22-26-25-27(30)29-28(26)31/h19,22,26H,2-18,20-21,23-25H2,1H3,(H,29,30,31). The lowest BCUT2D eigenvalue weighted by molar-refractivity contribution is -0.125. The van der Waals surface area contributed by atoms with E-state index in [-0.39, 0.29) is 17.7 Å². The summed E-state index contributed by atoms with van der Waals surface area (Å²) in [5, 5.41) is 2.35. The maximum atomic E-state index is 11.4. The highest BCUT2D eigenvalue weighted by Gasteiger charge is 2.27. The van der Waals surface area contributed by atoms with Gasteiger partial charge in [-0.15, -0.1) is 0 Å². The minimum atomic E-state index is -0.235. The summed E-state index contributed by atoms with van der Waals surface area (Å²) in [5.41, 5.74) is 0. The lowest BCUT2D eigenvalue weighted by Crippen LogP contribution is -2.21. The van der Waals surface area contributed by atoms with Gasteiger partial charge in [-0.2, -0.15) is 0 Å². The molecule has 0 spiro atoms. The fraction of sp³-hybridized carbons (Fsp3) is 0.857. The third-order valence-electron chi connectivity index (χ3n) is 6.42. The zero-order valence-corrected chi connectivity index (χ0v) is 21.0. The molecule has 1 saturated heterocycles. The average molecular weight is 450 g/mol. The van der Waals surface area contributed by atoms with E-state index in [0.717, 1.165) is 19.6 Å². The number of ether oxygens (including phenoxy) is 1. The number of imide groups is 1. The first-order chi connectivity index (χ1) is 15.7. The molecule has 0 saturated carbocycles. The smallest absolute Gasteiger partial charge is 0.233 e. The first-order valence-electron chi connectivity index (χ1n) is 13.8. The second-order valence-corrected chi connectivity index (χ2v) is 9.56. The van der Waals surface area contributed by atoms with E-state index in [9.17, 15) is 9.59 Å². The number of carbonyl (C=O) groups is 2. The van der Waals surface area contributed by atoms with Crippen LogP contribution in [0.5, 0.6) is 0 Å². The first kappa shape index (κ1) is 28.9. The van der Waals surface area contributed by atoms with Gasteiger partial charge in [0.25, 0.3) is 0 Å². The highest BCUT2D eigenvalue weighted by Crippen LogP contribution is 2.14. The van der Waals surface area contributed by atoms with Crippen LogP contribution in [0.4, 0.5) is 0 Å². The molecule has 1 aliphatic heterocycles. The van der Waals surface area contributed by atoms with Crippen LogP contribution in [-0.4, -0.2) is 25.0 Å². The van der Waals surface area contributed by atoms with Crippen LogP contribution in [-0.2, 0) is 14.3 Å². The molecule has 1 N–H and O–H groups in total. The van der Waals surface area contributed by atoms with Crippen molar-refractivity contribution in [3.63, 3.8) is 0 Å². The third kappa shape index (κ3) is 17.4. The largest absolute Gasteiger partial charge is 0.381 e. The van der Waals surface area contributed by atoms with Gasteiger partial charge >= 0.3 is 0 Å². The number of unbranched alkanes of at least 4 members (excludes halogenated alkanes) is 17. The molecule has 4 heteroatoms. The highest BCUT2D eigenvalue weighted by atomic mass is 16.5. The quantitative estimate of drug-likeness (QED) is 0.0989. The Labute approximate surface area is 198 Å². The van der Waals surface area contributed by atoms with E-state index in [1.165, 1.54) is 116 Å². The van der Waals surface area contributed by atoms with Gasteiger partial charge < -0.3 is 4.74 Å². The van der Waals surface area contributed by atoms with Gasteiger partial charge in [0.2, 0.25) is 11.8 Å². The fourth-order valence-electron chi connectivity index (χ4n) is 4.31. The van der Waals surface area contributed by atoms with E-state index in [1.54, 1.807) is 0 Å². The molecule has 0 aromatic rings. The number of amides is 2. The van der Waals surface area contributed by atoms with E-state index in [0.29, 0.717) is 6.42 Å². The van der Waals surface area contributed by atoms with Crippen LogP contribution in [0.15, 0.2) is 12.2 Å². The van der Waals surface area contributed by atoms with Gasteiger partial charge in [-0.25, -0.2) is 0 Å². The van der Waals surface area contributed by atoms with E-state index >= 15 is 0 Å². The molecule has 4 nitrogen and oxygen atoms in total. The van der Waals surface area contributed by atoms with Crippen molar-refractivity contribution in [2.75, 3.05) is 13.2 Å². The van der Waals surface area contributed by atoms with Crippen molar-refractivity contribution >= 4 is 11.8 Å². The fourth-order valence-corrected chi connectivity index (χ4v) is 4.31. The van der Waals surface area contributed by atoms with Crippen molar-refractivity contribution in [2.24, 2.45) is 5.92 Å². The van der Waals surface area contributed by atoms with E-state index in [4.69, 9.17) is 4.74 Å². The summed E-state index contributed by atoms with van der Waals surface area (Å²) in [5.74, 6) is -0.526. The minimum Gasteiger partial charge on any atom is -0.381 e. The zero-order valence-electron chi connectivity index (χ0n) is 21.0. The number of hydrogen-bond acceptors (Lipinski definition) is 3. The Hall–Kier alpha value is -1.16. The van der Waals surface area contributed by atoms with Gasteiger partial charge in [-0.3, -0.25) is 14.9 Å². The maximum absolute atomic E-state index is 11.4. The summed E-state index contributed by atoms with van der Waals surface area (Å²) < 4.78 is 5.79. The van der Waals surface area contributed by atoms with Crippen LogP contribution in [0, 0.1) is 5.92 Å². The second-order valence-electron chi connectivity index (χ2n) is 9.56. The van der Waals surface area contributed by atoms with E-state index in [2.05, 4.69) is 18.3 Å². The zero-order chi connectivity index (χ0) is 23.1. The molecule has 2 amide bonds. The molecule has 0 aromatic heterocycles. The Bertz CT molecular complexity index is 489. The summed E-state index contributed by atoms with van der Waals surface area (Å²) in [6.07, 6.45) is 29.3. The van der Waals surface area contributed by atoms with E-state index < -0.39 is 0 Å². The second kappa shape index (κ2) is 21.7. The summed E-state index contributed by atoms with van der Waals surface area (Å²) in [7, 11) is 0. The van der Waals surface area contributed by atoms with Crippen molar-refractivity contribution < 1.29 is 14.3 Å². The Morgan fingerprint density at radius 3 is 1.66 bits per heavy atom. The minimum absolute atomic E-state index is 0.143. The van der Waals surface area contributed by atoms with Gasteiger partial charge in [-0.1, -0.05) is 115 Å². The van der Waals surface area contributed by atoms with Crippen molar-refractivity contribution in [1.82, 2.24) is 5.32 Å². The SMILES string of the molecule is CCCCCCCCCCCCOCCCCCCCCCCC=CC1CC(=O)NC1=O. The molecule has 0 bridgehead atoms. The molecule has 1 atom stereocenters. The molecule has 1 heterocycles. The summed E-state index contributed by atoms with van der Waals surface area (Å²) in [6.45, 7) is 4.17. The molecular weight excluding hydrogens is 398 g/mol. The van der Waals surface area contributed by atoms with Crippen LogP contribution in [0.2, 0.25) is 0 Å². The topological polar surface area (TPSA) is 55.4 Å². The lowest BCUT2D eigenvalue weighted by atomic mass is 10.0. The Balaban J connectivity index is 1.69. The molecule has 1 unspecified atom stereocenters. The van der Waals surface area contributed by atoms with Crippen molar-refractivity contribution in [1.29, 1.82) is 0 Å². The molecule has 32 heavy (non-hydrogen) atoms. The van der Waals surface area contributed by atoms with Crippen LogP contribution in [0.1, 0.15) is 135 Å². The normalized spacial score (nSPS) is 16.3. The maximum Gasteiger partial charge on any atom is 0.233 e. The molecule has 0 radical (unpaired) electrons. The number of allylic oxidation sites excluding steroid dienone is 1. The molecular formula is C28H51NO3. The van der Waals surface area contributed by atoms with Crippen molar-refractivity contribution in [3.8, 4) is 0 Å². The molecule has 1 rings (SSSR count). The molecule has 0 aliphatic carbocycles. The van der Waals surface area contributed by atoms with E-state index in [1.807, 2.05) is 6.08 Å². The van der Waals surface area contributed by atoms with Gasteiger partial charge in [0.15, 0.2) is 0 Å². The monoisotopic (exact) mass is 449 g/mol. The van der Waals surface area contributed by atoms with Crippen molar-refractivity contribution in [3.05, 3.63) is 12.2 Å². The number of nitrogens with one attached hydrogen (secondary N) is 1. The average Bonchev–Trinajstić information content (AvgIpc) is 3.11. The van der Waals surface area contributed by atoms with Crippen LogP contribution >= 0.6 is 0 Å². The summed E-state index contributed by atoms with van der Waals surface area (Å²) in [4.78, 5) is 22.6. The van der Waals surface area contributed by atoms with Crippen molar-refractivity contribution in [2.45, 2.75) is 135 Å². The lowest BCUT2D eigenvalue weighted by Gasteiger charge is -2.05. The van der Waals surface area contributed by atoms with Crippen LogP contribution in [0.25, 0.3) is 0 Å². The van der Waals surface area contributed by atoms with Gasteiger partial charge in [-0.05, 0) is 25.7 Å². The highest BCUT2D eigenvalue weighted by molar-refractivity contribution is 6.04. The van der Waals surface area contributed by atoms with Gasteiger partial charge in [0.05, 0.1) is 5.92 Å². The Morgan fingerprint density at radius 2 is 1.19 bits per heavy atom. The Morgan fingerprint density at radius 1 is 0.719 bits per heavy atom. The van der Waals surface area contributed by atoms with Crippen LogP contribution in [0.3, 0.4) is 0 Å². The Kier molecular flexibility index (Phi) is 19.6.